The van der Waals surface area contributed by atoms with Gasteiger partial charge in [0, 0.05) is 11.7 Å². The second-order valence-electron chi connectivity index (χ2n) is 5.31. The third kappa shape index (κ3) is 3.79. The van der Waals surface area contributed by atoms with Gasteiger partial charge in [-0.15, -0.1) is 0 Å². The van der Waals surface area contributed by atoms with E-state index in [1.54, 1.807) is 0 Å². The topological polar surface area (TPSA) is 58.2 Å². The maximum Gasteiger partial charge on any atom is 0.313 e. The molecule has 5 heteroatoms. The Hall–Kier alpha value is -1.91. The number of hydrogen-bond donors (Lipinski definition) is 2. The van der Waals surface area contributed by atoms with Gasteiger partial charge in [0.05, 0.1) is 0 Å². The number of hydrogen-bond acceptors (Lipinski definition) is 2. The molecule has 0 aromatic heterocycles. The zero-order valence-electron chi connectivity index (χ0n) is 11.5. The largest absolute Gasteiger partial charge is 0.345 e. The van der Waals surface area contributed by atoms with E-state index in [2.05, 4.69) is 17.6 Å². The first-order valence-corrected chi connectivity index (χ1v) is 6.93. The molecule has 2 amide bonds. The van der Waals surface area contributed by atoms with Gasteiger partial charge in [0.2, 0.25) is 0 Å². The van der Waals surface area contributed by atoms with Crippen molar-refractivity contribution in [1.29, 1.82) is 0 Å². The van der Waals surface area contributed by atoms with Crippen molar-refractivity contribution >= 4 is 17.5 Å². The third-order valence-electron chi connectivity index (χ3n) is 3.72. The second kappa shape index (κ2) is 6.50. The minimum absolute atomic E-state index is 0.0505. The fraction of sp³-hybridized carbons (Fsp3) is 0.467. The Labute approximate surface area is 117 Å². The van der Waals surface area contributed by atoms with Crippen molar-refractivity contribution in [3.05, 3.63) is 30.1 Å². The van der Waals surface area contributed by atoms with Gasteiger partial charge in [-0.05, 0) is 37.0 Å². The van der Waals surface area contributed by atoms with Gasteiger partial charge in [-0.25, -0.2) is 4.39 Å². The number of amides is 2. The van der Waals surface area contributed by atoms with E-state index in [1.807, 2.05) is 0 Å². The van der Waals surface area contributed by atoms with Gasteiger partial charge in [0.25, 0.3) is 0 Å². The van der Waals surface area contributed by atoms with Gasteiger partial charge in [-0.3, -0.25) is 9.59 Å². The number of nitrogens with one attached hydrogen (secondary N) is 2. The molecule has 20 heavy (non-hydrogen) atoms. The maximum atomic E-state index is 13.0. The predicted molar refractivity (Wildman–Crippen MR) is 74.6 cm³/mol. The van der Waals surface area contributed by atoms with E-state index in [-0.39, 0.29) is 11.7 Å². The number of carbonyl (C=O) groups excluding carboxylic acids is 2. The molecule has 1 aromatic rings. The third-order valence-corrected chi connectivity index (χ3v) is 3.72. The van der Waals surface area contributed by atoms with Gasteiger partial charge < -0.3 is 10.6 Å². The summed E-state index contributed by atoms with van der Waals surface area (Å²) < 4.78 is 13.0. The molecule has 2 rings (SSSR count). The standard InChI is InChI=1S/C15H19FN2O2/c1-10-5-2-3-8-13(10)18-15(20)14(19)17-12-7-4-6-11(16)9-12/h4,6-7,9-10,13H,2-3,5,8H2,1H3,(H,17,19)(H,18,20)/t10-,13+/m1/s1. The van der Waals surface area contributed by atoms with Crippen molar-refractivity contribution in [2.75, 3.05) is 5.32 Å². The molecule has 2 atom stereocenters. The van der Waals surface area contributed by atoms with E-state index < -0.39 is 17.6 Å². The van der Waals surface area contributed by atoms with Crippen molar-refractivity contribution < 1.29 is 14.0 Å². The molecule has 2 N–H and O–H groups in total. The highest BCUT2D eigenvalue weighted by atomic mass is 19.1. The molecule has 1 saturated carbocycles. The summed E-state index contributed by atoms with van der Waals surface area (Å²) in [5.74, 6) is -1.49. The first-order valence-electron chi connectivity index (χ1n) is 6.93. The molecule has 1 fully saturated rings. The summed E-state index contributed by atoms with van der Waals surface area (Å²) in [6.45, 7) is 2.08. The quantitative estimate of drug-likeness (QED) is 0.816. The van der Waals surface area contributed by atoms with Crippen LogP contribution in [0.1, 0.15) is 32.6 Å². The molecule has 0 saturated heterocycles. The Morgan fingerprint density at radius 1 is 1.20 bits per heavy atom. The number of carbonyl (C=O) groups is 2. The summed E-state index contributed by atoms with van der Waals surface area (Å²) in [7, 11) is 0. The zero-order chi connectivity index (χ0) is 14.5. The van der Waals surface area contributed by atoms with E-state index in [1.165, 1.54) is 30.7 Å². The van der Waals surface area contributed by atoms with Crippen LogP contribution in [0.5, 0.6) is 0 Å². The first kappa shape index (κ1) is 14.5. The smallest absolute Gasteiger partial charge is 0.313 e. The van der Waals surface area contributed by atoms with Crippen LogP contribution in [0.2, 0.25) is 0 Å². The minimum atomic E-state index is -0.756. The summed E-state index contributed by atoms with van der Waals surface area (Å²) >= 11 is 0. The Morgan fingerprint density at radius 2 is 1.95 bits per heavy atom. The van der Waals surface area contributed by atoms with Crippen LogP contribution in [0.15, 0.2) is 24.3 Å². The fourth-order valence-corrected chi connectivity index (χ4v) is 2.52. The number of rotatable bonds is 2. The van der Waals surface area contributed by atoms with Crippen molar-refractivity contribution in [2.45, 2.75) is 38.6 Å². The summed E-state index contributed by atoms with van der Waals surface area (Å²) in [6.07, 6.45) is 4.21. The van der Waals surface area contributed by atoms with E-state index >= 15 is 0 Å². The van der Waals surface area contributed by atoms with Crippen LogP contribution < -0.4 is 10.6 Å². The van der Waals surface area contributed by atoms with Gasteiger partial charge in [0.15, 0.2) is 0 Å². The van der Waals surface area contributed by atoms with E-state index in [9.17, 15) is 14.0 Å². The summed E-state index contributed by atoms with van der Waals surface area (Å²) in [5, 5.41) is 5.15. The minimum Gasteiger partial charge on any atom is -0.345 e. The van der Waals surface area contributed by atoms with E-state index in [0.29, 0.717) is 5.92 Å². The van der Waals surface area contributed by atoms with Crippen molar-refractivity contribution in [3.63, 3.8) is 0 Å². The Morgan fingerprint density at radius 3 is 2.65 bits per heavy atom. The fourth-order valence-electron chi connectivity index (χ4n) is 2.52. The molecular weight excluding hydrogens is 259 g/mol. The van der Waals surface area contributed by atoms with Crippen LogP contribution in [-0.2, 0) is 9.59 Å². The highest BCUT2D eigenvalue weighted by Gasteiger charge is 2.25. The molecule has 0 spiro atoms. The van der Waals surface area contributed by atoms with Crippen LogP contribution in [0.3, 0.4) is 0 Å². The SMILES string of the molecule is C[C@@H]1CCCC[C@@H]1NC(=O)C(=O)Nc1cccc(F)c1. The molecule has 1 aromatic carbocycles. The van der Waals surface area contributed by atoms with Crippen LogP contribution in [0.4, 0.5) is 10.1 Å². The van der Waals surface area contributed by atoms with E-state index in [0.717, 1.165) is 19.3 Å². The average molecular weight is 278 g/mol. The van der Waals surface area contributed by atoms with Crippen LogP contribution in [0.25, 0.3) is 0 Å². The lowest BCUT2D eigenvalue weighted by Crippen LogP contribution is -2.45. The molecule has 0 radical (unpaired) electrons. The van der Waals surface area contributed by atoms with Gasteiger partial charge in [0.1, 0.15) is 5.82 Å². The molecule has 108 valence electrons. The van der Waals surface area contributed by atoms with Gasteiger partial charge in [-0.1, -0.05) is 25.8 Å². The summed E-state index contributed by atoms with van der Waals surface area (Å²) in [6, 6.07) is 5.52. The molecule has 0 unspecified atom stereocenters. The first-order chi connectivity index (χ1) is 9.56. The normalized spacial score (nSPS) is 22.1. The molecule has 0 heterocycles. The maximum absolute atomic E-state index is 13.0. The lowest BCUT2D eigenvalue weighted by molar-refractivity contribution is -0.137. The number of halogens is 1. The monoisotopic (exact) mass is 278 g/mol. The van der Waals surface area contributed by atoms with Crippen molar-refractivity contribution in [1.82, 2.24) is 5.32 Å². The number of anilines is 1. The summed E-state index contributed by atoms with van der Waals surface area (Å²) in [4.78, 5) is 23.6. The average Bonchev–Trinajstić information content (AvgIpc) is 2.41. The Bertz CT molecular complexity index is 504. The van der Waals surface area contributed by atoms with Gasteiger partial charge >= 0.3 is 11.8 Å². The highest BCUT2D eigenvalue weighted by Crippen LogP contribution is 2.23. The van der Waals surface area contributed by atoms with Crippen LogP contribution in [-0.4, -0.2) is 17.9 Å². The van der Waals surface area contributed by atoms with E-state index in [4.69, 9.17) is 0 Å². The molecule has 4 nitrogen and oxygen atoms in total. The zero-order valence-corrected chi connectivity index (χ0v) is 11.5. The molecule has 0 bridgehead atoms. The van der Waals surface area contributed by atoms with Crippen LogP contribution in [0, 0.1) is 11.7 Å². The highest BCUT2D eigenvalue weighted by molar-refractivity contribution is 6.39. The Balaban J connectivity index is 1.90. The summed E-state index contributed by atoms with van der Waals surface area (Å²) in [5.41, 5.74) is 0.279. The second-order valence-corrected chi connectivity index (χ2v) is 5.31. The predicted octanol–water partition coefficient (Wildman–Crippen LogP) is 2.46. The van der Waals surface area contributed by atoms with Crippen LogP contribution >= 0.6 is 0 Å². The molecule has 1 aliphatic rings. The lowest BCUT2D eigenvalue weighted by Gasteiger charge is -2.29. The molecular formula is C15H19FN2O2. The molecule has 1 aliphatic carbocycles. The Kier molecular flexibility index (Phi) is 4.71. The number of benzene rings is 1. The van der Waals surface area contributed by atoms with Crippen molar-refractivity contribution in [3.8, 4) is 0 Å². The van der Waals surface area contributed by atoms with Crippen molar-refractivity contribution in [2.24, 2.45) is 5.92 Å². The molecule has 0 aliphatic heterocycles. The van der Waals surface area contributed by atoms with Gasteiger partial charge in [-0.2, -0.15) is 0 Å². The lowest BCUT2D eigenvalue weighted by atomic mass is 9.86.